The summed E-state index contributed by atoms with van der Waals surface area (Å²) in [6, 6.07) is 20.0. The smallest absolute Gasteiger partial charge is 0.416 e. The van der Waals surface area contributed by atoms with Gasteiger partial charge in [-0.05, 0) is 47.0 Å². The molecular formula is C22H19F3O3. The summed E-state index contributed by atoms with van der Waals surface area (Å²) in [7, 11) is 0. The molecule has 28 heavy (non-hydrogen) atoms. The molecule has 0 atom stereocenters. The molecule has 146 valence electrons. The summed E-state index contributed by atoms with van der Waals surface area (Å²) in [6.07, 6.45) is -4.51. The van der Waals surface area contributed by atoms with Gasteiger partial charge in [-0.15, -0.1) is 0 Å². The number of ether oxygens (including phenoxy) is 2. The third kappa shape index (κ3) is 5.27. The maximum absolute atomic E-state index is 13.2. The highest BCUT2D eigenvalue weighted by Gasteiger charge is 2.31. The van der Waals surface area contributed by atoms with Crippen molar-refractivity contribution < 1.29 is 27.8 Å². The minimum Gasteiger partial charge on any atom is -0.491 e. The van der Waals surface area contributed by atoms with Gasteiger partial charge in [-0.3, -0.25) is 0 Å². The molecule has 3 aromatic carbocycles. The van der Waals surface area contributed by atoms with Crippen molar-refractivity contribution in [1.29, 1.82) is 0 Å². The van der Waals surface area contributed by atoms with Gasteiger partial charge in [-0.1, -0.05) is 42.5 Å². The van der Waals surface area contributed by atoms with E-state index in [4.69, 9.17) is 14.6 Å². The summed E-state index contributed by atoms with van der Waals surface area (Å²) < 4.78 is 50.7. The monoisotopic (exact) mass is 388 g/mol. The van der Waals surface area contributed by atoms with Crippen LogP contribution < -0.4 is 9.47 Å². The molecule has 3 rings (SSSR count). The van der Waals surface area contributed by atoms with Gasteiger partial charge in [-0.25, -0.2) is 0 Å². The largest absolute Gasteiger partial charge is 0.491 e. The number of halogens is 3. The average Bonchev–Trinajstić information content (AvgIpc) is 2.71. The van der Waals surface area contributed by atoms with Crippen LogP contribution in [-0.2, 0) is 12.8 Å². The zero-order chi connectivity index (χ0) is 20.0. The van der Waals surface area contributed by atoms with Gasteiger partial charge in [0.25, 0.3) is 0 Å². The summed E-state index contributed by atoms with van der Waals surface area (Å²) in [4.78, 5) is 0. The summed E-state index contributed by atoms with van der Waals surface area (Å²) in [5.41, 5.74) is 1.11. The van der Waals surface area contributed by atoms with E-state index in [-0.39, 0.29) is 19.0 Å². The van der Waals surface area contributed by atoms with E-state index in [9.17, 15) is 13.2 Å². The molecule has 0 aliphatic rings. The van der Waals surface area contributed by atoms with Crippen LogP contribution in [0.2, 0.25) is 0 Å². The molecular weight excluding hydrogens is 369 g/mol. The molecule has 6 heteroatoms. The van der Waals surface area contributed by atoms with Crippen molar-refractivity contribution in [2.75, 3.05) is 13.2 Å². The van der Waals surface area contributed by atoms with E-state index in [1.54, 1.807) is 24.3 Å². The second-order valence-electron chi connectivity index (χ2n) is 6.12. The second-order valence-corrected chi connectivity index (χ2v) is 6.12. The highest BCUT2D eigenvalue weighted by Crippen LogP contribution is 2.36. The average molecular weight is 388 g/mol. The Morgan fingerprint density at radius 3 is 2.21 bits per heavy atom. The number of benzene rings is 3. The Morgan fingerprint density at radius 2 is 1.50 bits per heavy atom. The zero-order valence-corrected chi connectivity index (χ0v) is 14.9. The Bertz CT molecular complexity index is 908. The first-order chi connectivity index (χ1) is 13.5. The van der Waals surface area contributed by atoms with Crippen molar-refractivity contribution >= 4 is 0 Å². The first-order valence-corrected chi connectivity index (χ1v) is 8.69. The first-order valence-electron chi connectivity index (χ1n) is 8.69. The molecule has 0 spiro atoms. The highest BCUT2D eigenvalue weighted by molar-refractivity contribution is 5.68. The summed E-state index contributed by atoms with van der Waals surface area (Å²) in [5, 5.41) is 8.87. The van der Waals surface area contributed by atoms with Gasteiger partial charge in [0.1, 0.15) is 24.7 Å². The van der Waals surface area contributed by atoms with Crippen LogP contribution in [0.4, 0.5) is 13.2 Å². The lowest BCUT2D eigenvalue weighted by Crippen LogP contribution is -2.07. The van der Waals surface area contributed by atoms with Crippen LogP contribution >= 0.6 is 0 Å². The fraction of sp³-hybridized carbons (Fsp3) is 0.182. The quantitative estimate of drug-likeness (QED) is 0.595. The molecule has 0 heterocycles. The van der Waals surface area contributed by atoms with E-state index in [0.29, 0.717) is 23.5 Å². The Balaban J connectivity index is 1.87. The predicted molar refractivity (Wildman–Crippen MR) is 100 cm³/mol. The van der Waals surface area contributed by atoms with Crippen LogP contribution in [0, 0.1) is 0 Å². The third-order valence-corrected chi connectivity index (χ3v) is 4.01. The van der Waals surface area contributed by atoms with Gasteiger partial charge in [0.05, 0.1) is 12.2 Å². The minimum atomic E-state index is -4.51. The molecule has 0 saturated carbocycles. The van der Waals surface area contributed by atoms with Crippen molar-refractivity contribution in [1.82, 2.24) is 0 Å². The molecule has 3 aromatic rings. The van der Waals surface area contributed by atoms with E-state index >= 15 is 0 Å². The van der Waals surface area contributed by atoms with Gasteiger partial charge in [0.15, 0.2) is 0 Å². The minimum absolute atomic E-state index is 0.0504. The molecule has 0 bridgehead atoms. The van der Waals surface area contributed by atoms with Crippen LogP contribution in [0.3, 0.4) is 0 Å². The number of hydrogen-bond acceptors (Lipinski definition) is 3. The Morgan fingerprint density at radius 1 is 0.750 bits per heavy atom. The Labute approximate surface area is 161 Å². The van der Waals surface area contributed by atoms with Crippen LogP contribution in [0.1, 0.15) is 11.1 Å². The van der Waals surface area contributed by atoms with E-state index in [1.165, 1.54) is 6.07 Å². The first kappa shape index (κ1) is 19.8. The molecule has 0 fully saturated rings. The zero-order valence-electron chi connectivity index (χ0n) is 14.9. The number of hydrogen-bond donors (Lipinski definition) is 1. The fourth-order valence-corrected chi connectivity index (χ4v) is 2.68. The standard InChI is InChI=1S/C22H19F3O3/c23-22(24,25)19-11-18(13-21(14-19)27-10-9-26)17-7-4-8-20(12-17)28-15-16-5-2-1-3-6-16/h1-8,11-14,26H,9-10,15H2. The van der Waals surface area contributed by atoms with Crippen LogP contribution in [0.5, 0.6) is 11.5 Å². The highest BCUT2D eigenvalue weighted by atomic mass is 19.4. The molecule has 0 aliphatic carbocycles. The SMILES string of the molecule is OCCOc1cc(-c2cccc(OCc3ccccc3)c2)cc(C(F)(F)F)c1. The molecule has 0 aliphatic heterocycles. The number of aliphatic hydroxyl groups is 1. The van der Waals surface area contributed by atoms with E-state index in [2.05, 4.69) is 0 Å². The Hall–Kier alpha value is -2.99. The summed E-state index contributed by atoms with van der Waals surface area (Å²) in [6.45, 7) is -0.00683. The maximum atomic E-state index is 13.2. The number of aliphatic hydroxyl groups excluding tert-OH is 1. The normalized spacial score (nSPS) is 11.3. The summed E-state index contributed by atoms with van der Waals surface area (Å²) >= 11 is 0. The predicted octanol–water partition coefficient (Wildman–Crippen LogP) is 5.32. The molecule has 0 radical (unpaired) electrons. The molecule has 0 saturated heterocycles. The second kappa shape index (κ2) is 8.80. The van der Waals surface area contributed by atoms with Crippen molar-refractivity contribution in [2.24, 2.45) is 0 Å². The molecule has 0 amide bonds. The Kier molecular flexibility index (Phi) is 6.21. The fourth-order valence-electron chi connectivity index (χ4n) is 2.68. The van der Waals surface area contributed by atoms with Gasteiger partial charge in [0.2, 0.25) is 0 Å². The topological polar surface area (TPSA) is 38.7 Å². The molecule has 1 N–H and O–H groups in total. The van der Waals surface area contributed by atoms with Gasteiger partial charge >= 0.3 is 6.18 Å². The van der Waals surface area contributed by atoms with E-state index in [1.807, 2.05) is 30.3 Å². The van der Waals surface area contributed by atoms with Crippen LogP contribution in [-0.4, -0.2) is 18.3 Å². The summed E-state index contributed by atoms with van der Waals surface area (Å²) in [5.74, 6) is 0.603. The lowest BCUT2D eigenvalue weighted by Gasteiger charge is -2.14. The van der Waals surface area contributed by atoms with E-state index < -0.39 is 11.7 Å². The van der Waals surface area contributed by atoms with Crippen molar-refractivity contribution in [3.63, 3.8) is 0 Å². The van der Waals surface area contributed by atoms with Gasteiger partial charge < -0.3 is 14.6 Å². The van der Waals surface area contributed by atoms with Crippen molar-refractivity contribution in [3.05, 3.63) is 83.9 Å². The lowest BCUT2D eigenvalue weighted by molar-refractivity contribution is -0.137. The van der Waals surface area contributed by atoms with Crippen molar-refractivity contribution in [2.45, 2.75) is 12.8 Å². The van der Waals surface area contributed by atoms with Crippen LogP contribution in [0.25, 0.3) is 11.1 Å². The van der Waals surface area contributed by atoms with Crippen LogP contribution in [0.15, 0.2) is 72.8 Å². The molecule has 0 aromatic heterocycles. The molecule has 0 unspecified atom stereocenters. The maximum Gasteiger partial charge on any atom is 0.416 e. The number of rotatable bonds is 7. The van der Waals surface area contributed by atoms with Gasteiger partial charge in [-0.2, -0.15) is 13.2 Å². The van der Waals surface area contributed by atoms with Crippen molar-refractivity contribution in [3.8, 4) is 22.6 Å². The number of alkyl halides is 3. The lowest BCUT2D eigenvalue weighted by atomic mass is 10.0. The van der Waals surface area contributed by atoms with Gasteiger partial charge in [0, 0.05) is 0 Å². The molecule has 3 nitrogen and oxygen atoms in total. The van der Waals surface area contributed by atoms with E-state index in [0.717, 1.165) is 17.7 Å². The third-order valence-electron chi connectivity index (χ3n) is 4.01.